The number of nitrogens with one attached hydrogen (secondary N) is 1. The lowest BCUT2D eigenvalue weighted by Gasteiger charge is -2.14. The first kappa shape index (κ1) is 24.0. The van der Waals surface area contributed by atoms with Gasteiger partial charge in [-0.05, 0) is 55.5 Å². The summed E-state index contributed by atoms with van der Waals surface area (Å²) in [7, 11) is 1.57. The molecule has 0 radical (unpaired) electrons. The Morgan fingerprint density at radius 2 is 1.60 bits per heavy atom. The Morgan fingerprint density at radius 3 is 2.31 bits per heavy atom. The van der Waals surface area contributed by atoms with Gasteiger partial charge in [0.15, 0.2) is 5.78 Å². The second kappa shape index (κ2) is 10.9. The van der Waals surface area contributed by atoms with Crippen molar-refractivity contribution < 1.29 is 19.1 Å². The molecule has 35 heavy (non-hydrogen) atoms. The minimum atomic E-state index is -0.367. The van der Waals surface area contributed by atoms with Gasteiger partial charge in [0.25, 0.3) is 5.91 Å². The van der Waals surface area contributed by atoms with Gasteiger partial charge in [-0.25, -0.2) is 0 Å². The maximum atomic E-state index is 13.1. The molecule has 0 fully saturated rings. The van der Waals surface area contributed by atoms with Gasteiger partial charge in [0, 0.05) is 27.3 Å². The number of hydrogen-bond donors (Lipinski definition) is 1. The topological polar surface area (TPSA) is 64.6 Å². The normalized spacial score (nSPS) is 10.5. The van der Waals surface area contributed by atoms with Crippen molar-refractivity contribution in [2.24, 2.45) is 0 Å². The first-order valence-electron chi connectivity index (χ1n) is 11.0. The van der Waals surface area contributed by atoms with Crippen molar-refractivity contribution in [1.29, 1.82) is 0 Å². The lowest BCUT2D eigenvalue weighted by Crippen LogP contribution is -2.16. The van der Waals surface area contributed by atoms with Crippen LogP contribution in [0.1, 0.15) is 37.4 Å². The van der Waals surface area contributed by atoms with Gasteiger partial charge in [0.1, 0.15) is 18.1 Å². The lowest BCUT2D eigenvalue weighted by atomic mass is 10.0. The average Bonchev–Trinajstić information content (AvgIpc) is 2.89. The molecule has 0 aliphatic heterocycles. The largest absolute Gasteiger partial charge is 0.496 e. The van der Waals surface area contributed by atoms with Crippen molar-refractivity contribution in [3.8, 4) is 11.5 Å². The number of carbonyl (C=O) groups is 2. The number of anilines is 1. The quantitative estimate of drug-likeness (QED) is 0.281. The van der Waals surface area contributed by atoms with E-state index in [1.165, 1.54) is 0 Å². The molecule has 1 amide bonds. The zero-order chi connectivity index (χ0) is 24.8. The van der Waals surface area contributed by atoms with Crippen LogP contribution < -0.4 is 14.8 Å². The van der Waals surface area contributed by atoms with Gasteiger partial charge in [0.05, 0.1) is 12.8 Å². The molecule has 6 heteroatoms. The molecule has 0 heterocycles. The van der Waals surface area contributed by atoms with Crippen LogP contribution in [0.2, 0.25) is 5.02 Å². The number of amides is 1. The monoisotopic (exact) mass is 485 g/mol. The fourth-order valence-corrected chi connectivity index (χ4v) is 3.75. The Balaban J connectivity index is 1.57. The summed E-state index contributed by atoms with van der Waals surface area (Å²) in [6.07, 6.45) is 0. The van der Waals surface area contributed by atoms with Crippen LogP contribution in [-0.4, -0.2) is 18.8 Å². The molecule has 176 valence electrons. The van der Waals surface area contributed by atoms with Gasteiger partial charge < -0.3 is 14.8 Å². The molecule has 0 saturated heterocycles. The Bertz CT molecular complexity index is 1350. The van der Waals surface area contributed by atoms with E-state index in [0.29, 0.717) is 33.1 Å². The summed E-state index contributed by atoms with van der Waals surface area (Å²) in [5, 5.41) is 3.25. The molecule has 0 aliphatic rings. The number of hydrogen-bond acceptors (Lipinski definition) is 4. The van der Waals surface area contributed by atoms with Crippen LogP contribution in [0.5, 0.6) is 11.5 Å². The SMILES string of the molecule is COc1ccc(C(=O)Nc2ccc(Cl)cc2C(=O)c2ccccc2)cc1COc1ccc(C)cc1. The highest BCUT2D eigenvalue weighted by atomic mass is 35.5. The molecule has 5 nitrogen and oxygen atoms in total. The summed E-state index contributed by atoms with van der Waals surface area (Å²) >= 11 is 6.16. The fraction of sp³-hybridized carbons (Fsp3) is 0.103. The van der Waals surface area contributed by atoms with Crippen molar-refractivity contribution in [1.82, 2.24) is 0 Å². The molecule has 0 saturated carbocycles. The zero-order valence-electron chi connectivity index (χ0n) is 19.4. The van der Waals surface area contributed by atoms with Gasteiger partial charge in [-0.3, -0.25) is 9.59 Å². The lowest BCUT2D eigenvalue weighted by molar-refractivity contribution is 0.102. The van der Waals surface area contributed by atoms with Crippen molar-refractivity contribution >= 4 is 29.0 Å². The molecule has 0 aromatic heterocycles. The maximum Gasteiger partial charge on any atom is 0.255 e. The van der Waals surface area contributed by atoms with E-state index < -0.39 is 0 Å². The van der Waals surface area contributed by atoms with Gasteiger partial charge in [0.2, 0.25) is 0 Å². The minimum absolute atomic E-state index is 0.228. The summed E-state index contributed by atoms with van der Waals surface area (Å²) in [4.78, 5) is 26.2. The van der Waals surface area contributed by atoms with Crippen LogP contribution in [0.25, 0.3) is 0 Å². The van der Waals surface area contributed by atoms with E-state index in [2.05, 4.69) is 5.32 Å². The van der Waals surface area contributed by atoms with Gasteiger partial charge >= 0.3 is 0 Å². The number of ether oxygens (including phenoxy) is 2. The number of rotatable bonds is 8. The Hall–Kier alpha value is -4.09. The van der Waals surface area contributed by atoms with E-state index in [-0.39, 0.29) is 18.3 Å². The number of carbonyl (C=O) groups excluding carboxylic acids is 2. The average molecular weight is 486 g/mol. The number of methoxy groups -OCH3 is 1. The summed E-state index contributed by atoms with van der Waals surface area (Å²) in [5.74, 6) is 0.733. The predicted molar refractivity (Wildman–Crippen MR) is 138 cm³/mol. The predicted octanol–water partition coefficient (Wildman–Crippen LogP) is 6.72. The first-order valence-corrected chi connectivity index (χ1v) is 11.4. The summed E-state index contributed by atoms with van der Waals surface area (Å²) in [6, 6.07) is 26.5. The molecule has 0 aliphatic carbocycles. The summed E-state index contributed by atoms with van der Waals surface area (Å²) in [5.41, 5.74) is 3.46. The highest BCUT2D eigenvalue weighted by Crippen LogP contribution is 2.26. The number of benzene rings is 4. The Kier molecular flexibility index (Phi) is 7.48. The van der Waals surface area contributed by atoms with Crippen molar-refractivity contribution in [2.75, 3.05) is 12.4 Å². The second-order valence-electron chi connectivity index (χ2n) is 7.97. The van der Waals surface area contributed by atoms with Crippen molar-refractivity contribution in [3.63, 3.8) is 0 Å². The number of ketones is 1. The third kappa shape index (κ3) is 5.89. The van der Waals surface area contributed by atoms with Crippen LogP contribution in [0.4, 0.5) is 5.69 Å². The molecular weight excluding hydrogens is 462 g/mol. The molecule has 0 atom stereocenters. The molecule has 4 aromatic carbocycles. The fourth-order valence-electron chi connectivity index (χ4n) is 3.58. The molecule has 1 N–H and O–H groups in total. The first-order chi connectivity index (χ1) is 16.9. The van der Waals surface area contributed by atoms with Gasteiger partial charge in [-0.15, -0.1) is 0 Å². The van der Waals surface area contributed by atoms with Crippen LogP contribution in [-0.2, 0) is 6.61 Å². The molecule has 4 aromatic rings. The van der Waals surface area contributed by atoms with Gasteiger partial charge in [-0.1, -0.05) is 59.6 Å². The third-order valence-electron chi connectivity index (χ3n) is 5.47. The Morgan fingerprint density at radius 1 is 0.857 bits per heavy atom. The summed E-state index contributed by atoms with van der Waals surface area (Å²) in [6.45, 7) is 2.24. The molecule has 0 unspecified atom stereocenters. The maximum absolute atomic E-state index is 13.1. The summed E-state index contributed by atoms with van der Waals surface area (Å²) < 4.78 is 11.3. The van der Waals surface area contributed by atoms with E-state index in [4.69, 9.17) is 21.1 Å². The molecular formula is C29H24ClNO4. The molecule has 0 spiro atoms. The van der Waals surface area contributed by atoms with Gasteiger partial charge in [-0.2, -0.15) is 0 Å². The minimum Gasteiger partial charge on any atom is -0.496 e. The third-order valence-corrected chi connectivity index (χ3v) is 5.70. The number of aryl methyl sites for hydroxylation is 1. The van der Waals surface area contributed by atoms with E-state index in [9.17, 15) is 9.59 Å². The molecule has 4 rings (SSSR count). The Labute approximate surface area is 209 Å². The second-order valence-corrected chi connectivity index (χ2v) is 8.40. The van der Waals surface area contributed by atoms with Crippen molar-refractivity contribution in [3.05, 3.63) is 124 Å². The van der Waals surface area contributed by atoms with Crippen molar-refractivity contribution in [2.45, 2.75) is 13.5 Å². The zero-order valence-corrected chi connectivity index (χ0v) is 20.1. The number of halogens is 1. The van der Waals surface area contributed by atoms with Crippen LogP contribution in [0, 0.1) is 6.92 Å². The molecule has 0 bridgehead atoms. The van der Waals surface area contributed by atoms with E-state index in [1.54, 1.807) is 67.8 Å². The van der Waals surface area contributed by atoms with E-state index in [1.807, 2.05) is 37.3 Å². The van der Waals surface area contributed by atoms with Crippen LogP contribution in [0.15, 0.2) is 91.0 Å². The standard InChI is InChI=1S/C29H24ClNO4/c1-19-8-12-24(13-9-19)35-18-22-16-21(10-15-27(22)34-2)29(33)31-26-14-11-23(30)17-25(26)28(32)20-6-4-3-5-7-20/h3-17H,18H2,1-2H3,(H,31,33). The van der Waals surface area contributed by atoms with E-state index in [0.717, 1.165) is 16.9 Å². The van der Waals surface area contributed by atoms with E-state index >= 15 is 0 Å². The highest BCUT2D eigenvalue weighted by Gasteiger charge is 2.18. The highest BCUT2D eigenvalue weighted by molar-refractivity contribution is 6.31. The van der Waals surface area contributed by atoms with Crippen LogP contribution >= 0.6 is 11.6 Å². The van der Waals surface area contributed by atoms with Crippen LogP contribution in [0.3, 0.4) is 0 Å². The smallest absolute Gasteiger partial charge is 0.255 e.